The Morgan fingerprint density at radius 2 is 0.966 bits per heavy atom. The van der Waals surface area contributed by atoms with Crippen molar-refractivity contribution < 1.29 is 14.7 Å². The number of hydrogen-bond donors (Lipinski definition) is 3. The first kappa shape index (κ1) is 62.9. The van der Waals surface area contributed by atoms with Gasteiger partial charge in [-0.1, -0.05) is 128 Å². The van der Waals surface area contributed by atoms with Crippen molar-refractivity contribution >= 4 is 35.0 Å². The number of aromatic hydroxyl groups is 1. The van der Waals surface area contributed by atoms with Crippen LogP contribution in [0.2, 0.25) is 10.0 Å². The lowest BCUT2D eigenvalue weighted by molar-refractivity contribution is -0.138. The number of amides is 2. The van der Waals surface area contributed by atoms with Crippen LogP contribution in [-0.4, -0.2) is 131 Å². The van der Waals surface area contributed by atoms with Crippen LogP contribution in [0.25, 0.3) is 0 Å². The highest BCUT2D eigenvalue weighted by Gasteiger charge is 2.46. The Morgan fingerprint density at radius 1 is 0.517 bits per heavy atom. The molecule has 87 heavy (non-hydrogen) atoms. The van der Waals surface area contributed by atoms with Crippen LogP contribution >= 0.6 is 23.2 Å². The fraction of sp³-hybridized carbons (Fsp3) is 0.577. The molecule has 16 heteroatoms. The minimum absolute atomic E-state index is 0.177. The zero-order valence-corrected chi connectivity index (χ0v) is 52.8. The first-order valence-corrected chi connectivity index (χ1v) is 34.1. The summed E-state index contributed by atoms with van der Waals surface area (Å²) in [7, 11) is 0. The highest BCUT2D eigenvalue weighted by Crippen LogP contribution is 2.49. The lowest BCUT2D eigenvalue weighted by atomic mass is 9.63. The molecule has 466 valence electrons. The van der Waals surface area contributed by atoms with E-state index in [2.05, 4.69) is 100 Å². The van der Waals surface area contributed by atoms with Gasteiger partial charge in [-0.2, -0.15) is 10.2 Å². The highest BCUT2D eigenvalue weighted by atomic mass is 35.5. The van der Waals surface area contributed by atoms with Crippen molar-refractivity contribution in [3.63, 3.8) is 0 Å². The average Bonchev–Trinajstić information content (AvgIpc) is 3.56. The third-order valence-corrected chi connectivity index (χ3v) is 21.9. The van der Waals surface area contributed by atoms with Crippen LogP contribution < -0.4 is 10.6 Å². The van der Waals surface area contributed by atoms with E-state index < -0.39 is 0 Å². The molecule has 2 amide bonds. The summed E-state index contributed by atoms with van der Waals surface area (Å²) in [4.78, 5) is 43.8. The molecule has 12 rings (SSSR count). The Bertz CT molecular complexity index is 2980. The van der Waals surface area contributed by atoms with Crippen molar-refractivity contribution in [1.29, 1.82) is 0 Å². The number of likely N-dealkylation sites (tertiary alicyclic amines) is 3. The maximum absolute atomic E-state index is 14.3. The van der Waals surface area contributed by atoms with E-state index in [4.69, 9.17) is 23.2 Å². The molecule has 3 saturated carbocycles. The van der Waals surface area contributed by atoms with Crippen molar-refractivity contribution in [2.75, 3.05) is 45.8 Å². The number of halogens is 2. The molecule has 3 aliphatic heterocycles. The summed E-state index contributed by atoms with van der Waals surface area (Å²) in [5, 5.41) is 27.8. The van der Waals surface area contributed by atoms with Gasteiger partial charge in [0.1, 0.15) is 31.1 Å². The third kappa shape index (κ3) is 17.2. The van der Waals surface area contributed by atoms with Crippen molar-refractivity contribution in [1.82, 2.24) is 54.9 Å². The van der Waals surface area contributed by atoms with Gasteiger partial charge in [0.25, 0.3) is 0 Å². The van der Waals surface area contributed by atoms with Gasteiger partial charge in [-0.25, -0.2) is 9.97 Å². The molecule has 0 spiro atoms. The third-order valence-electron chi connectivity index (χ3n) is 21.4. The number of phenols is 1. The molecule has 0 unspecified atom stereocenters. The fourth-order valence-corrected chi connectivity index (χ4v) is 16.4. The number of piperidine rings is 3. The summed E-state index contributed by atoms with van der Waals surface area (Å²) < 4.78 is 4.05. The molecule has 3 aliphatic carbocycles. The molecule has 14 nitrogen and oxygen atoms in total. The van der Waals surface area contributed by atoms with Gasteiger partial charge in [-0.15, -0.1) is 0 Å². The molecule has 6 aliphatic rings. The summed E-state index contributed by atoms with van der Waals surface area (Å²) in [6.07, 6.45) is 33.1. The Hall–Kier alpha value is -5.64. The fourth-order valence-electron chi connectivity index (χ4n) is 16.2. The number of carbonyl (C=O) groups is 2. The standard InChI is InChI=1S/C36H49ClN6O.C35H46ClN5O2/c37-32-13-11-30(12-14-32)25-34(40-33-16-21-41(22-17-33)20-15-29-7-3-1-4-8-29)35(44)42-23-18-36(19-24-42,26-43-28-38-27-39-43)31-9-5-2-6-10-31;36-30-12-6-26(7-13-30)22-33(39-31-14-8-27(9-15-31)28-10-16-32(42)17-11-28)34(43)40-20-18-35(19-21-40,23-41-25-37-24-38-41)29-4-2-1-3-5-29/h1,3-4,7-8,11-14,27-28,31,33-34,40H,2,5-6,9-10,15-26H2;6-7,10-13,16-17,24-25,27,29,31,33,39,42H,1-5,8-9,14-15,18-23H2/t34-;27?,31?,33-/m11/s1. The normalized spacial score (nSPS) is 22.2. The number of hydrogen-bond acceptors (Lipinski definition) is 10. The van der Waals surface area contributed by atoms with Crippen LogP contribution in [0.1, 0.15) is 157 Å². The van der Waals surface area contributed by atoms with E-state index in [9.17, 15) is 14.7 Å². The second-order valence-corrected chi connectivity index (χ2v) is 27.7. The van der Waals surface area contributed by atoms with Crippen LogP contribution in [0.3, 0.4) is 0 Å². The smallest absolute Gasteiger partial charge is 0.240 e. The number of benzene rings is 4. The molecule has 0 radical (unpaired) electrons. The minimum atomic E-state index is -0.256. The Kier molecular flexibility index (Phi) is 22.2. The van der Waals surface area contributed by atoms with Gasteiger partial charge in [0, 0.05) is 67.9 Å². The number of rotatable bonds is 20. The van der Waals surface area contributed by atoms with E-state index >= 15 is 0 Å². The number of nitrogens with zero attached hydrogens (tertiary/aromatic N) is 9. The molecule has 0 bridgehead atoms. The quantitative estimate of drug-likeness (QED) is 0.0674. The Labute approximate surface area is 527 Å². The van der Waals surface area contributed by atoms with E-state index in [1.54, 1.807) is 24.8 Å². The molecular formula is C71H95Cl2N11O3. The van der Waals surface area contributed by atoms with Crippen molar-refractivity contribution in [2.24, 2.45) is 22.7 Å². The SMILES string of the molecule is O=C([C@@H](Cc1ccc(Cl)cc1)NC1CCC(c2ccc(O)cc2)CC1)N1CCC(Cn2cncn2)(C2CCCCC2)CC1.O=C([C@@H](Cc1ccc(Cl)cc1)NC1CCN(CCc2ccccc2)CC1)N1CCC(Cn2cncn2)(C2CCCCC2)CC1. The maximum Gasteiger partial charge on any atom is 0.240 e. The lowest BCUT2D eigenvalue weighted by Crippen LogP contribution is -2.56. The van der Waals surface area contributed by atoms with Gasteiger partial charge in [-0.05, 0) is 209 Å². The van der Waals surface area contributed by atoms with Gasteiger partial charge < -0.3 is 30.4 Å². The number of phenolic OH excluding ortho intramolecular Hbond substituents is 1. The molecule has 5 heterocycles. The largest absolute Gasteiger partial charge is 0.508 e. The topological polar surface area (TPSA) is 150 Å². The van der Waals surface area contributed by atoms with Crippen LogP contribution in [-0.2, 0) is 41.9 Å². The van der Waals surface area contributed by atoms with E-state index in [1.807, 2.05) is 58.4 Å². The van der Waals surface area contributed by atoms with E-state index in [0.717, 1.165) is 151 Å². The first-order chi connectivity index (χ1) is 42.5. The second kappa shape index (κ2) is 30.7. The van der Waals surface area contributed by atoms with Crippen LogP contribution in [0.15, 0.2) is 128 Å². The molecule has 6 aromatic rings. The zero-order valence-electron chi connectivity index (χ0n) is 51.3. The number of carbonyl (C=O) groups excluding carboxylic acids is 2. The van der Waals surface area contributed by atoms with Crippen molar-refractivity contribution in [3.05, 3.63) is 161 Å². The summed E-state index contributed by atoms with van der Waals surface area (Å²) in [5.41, 5.74) is 5.35. The summed E-state index contributed by atoms with van der Waals surface area (Å²) in [5.74, 6) is 2.69. The molecule has 2 aromatic heterocycles. The summed E-state index contributed by atoms with van der Waals surface area (Å²) in [6, 6.07) is 34.6. The molecule has 2 atom stereocenters. The van der Waals surface area contributed by atoms with Gasteiger partial charge >= 0.3 is 0 Å². The predicted octanol–water partition coefficient (Wildman–Crippen LogP) is 12.8. The van der Waals surface area contributed by atoms with Crippen molar-refractivity contribution in [2.45, 2.75) is 191 Å². The van der Waals surface area contributed by atoms with E-state index in [-0.39, 0.29) is 34.7 Å². The van der Waals surface area contributed by atoms with Gasteiger partial charge in [0.05, 0.1) is 12.1 Å². The highest BCUT2D eigenvalue weighted by molar-refractivity contribution is 6.30. The van der Waals surface area contributed by atoms with Crippen LogP contribution in [0.5, 0.6) is 5.75 Å². The van der Waals surface area contributed by atoms with E-state index in [1.165, 1.54) is 75.3 Å². The minimum Gasteiger partial charge on any atom is -0.508 e. The molecule has 3 saturated heterocycles. The first-order valence-electron chi connectivity index (χ1n) is 33.3. The number of nitrogens with one attached hydrogen (secondary N) is 2. The molecular weight excluding hydrogens is 1130 g/mol. The Balaban J connectivity index is 0.000000180. The summed E-state index contributed by atoms with van der Waals surface area (Å²) in [6.45, 7) is 8.29. The predicted molar refractivity (Wildman–Crippen MR) is 347 cm³/mol. The lowest BCUT2D eigenvalue weighted by Gasteiger charge is -2.48. The molecule has 6 fully saturated rings. The molecule has 4 aromatic carbocycles. The van der Waals surface area contributed by atoms with Gasteiger partial charge in [0.15, 0.2) is 0 Å². The second-order valence-electron chi connectivity index (χ2n) is 26.8. The Morgan fingerprint density at radius 3 is 1.40 bits per heavy atom. The zero-order chi connectivity index (χ0) is 59.8. The van der Waals surface area contributed by atoms with Crippen LogP contribution in [0, 0.1) is 22.7 Å². The monoisotopic (exact) mass is 1220 g/mol. The van der Waals surface area contributed by atoms with Crippen LogP contribution in [0.4, 0.5) is 0 Å². The average molecular weight is 1220 g/mol. The van der Waals surface area contributed by atoms with Crippen molar-refractivity contribution in [3.8, 4) is 5.75 Å². The number of aromatic nitrogens is 6. The molecule has 3 N–H and O–H groups in total. The van der Waals surface area contributed by atoms with Gasteiger partial charge in [-0.3, -0.25) is 19.0 Å². The maximum atomic E-state index is 14.3. The summed E-state index contributed by atoms with van der Waals surface area (Å²) >= 11 is 12.4. The van der Waals surface area contributed by atoms with Gasteiger partial charge in [0.2, 0.25) is 11.8 Å². The van der Waals surface area contributed by atoms with E-state index in [0.29, 0.717) is 48.4 Å².